The number of fused-ring (bicyclic) bond motifs is 2. The zero-order valence-electron chi connectivity index (χ0n) is 67.0. The van der Waals surface area contributed by atoms with Crippen LogP contribution >= 0.6 is 15.9 Å². The van der Waals surface area contributed by atoms with Gasteiger partial charge in [-0.3, -0.25) is 4.70 Å². The van der Waals surface area contributed by atoms with Crippen LogP contribution in [0.2, 0.25) is 54.4 Å². The number of cyclic esters (lactones) is 2. The standard InChI is InChI=1S/C32H48O5.C29H60O3Si3.C21H31BrO2.C2H6.FH/c1-6-24-21(4)31(36)37-29(24)17-19(2)26-13-14-27-22(9-7-15-32(26,27)5)11-12-23-18-28(34)25(10-8-16-33)30(35)20(23)3;1-18-21-26(32-35(16,17)29(9,10)11)24(22-20-23-30-33(12,13)27(3,4)5)25(19-2)31-34(14,15)28(6,7)8;1-5-16-14(3)20(23)24-19(16)11-13(2)17-8-9-18-15(12-22)7-6-10-21(17,18)4;1-2;/h11-12,19,24-30,33-35H,3-4,6-10,13-18H2,1-2,5H3;1,19,24-26H,2,20-23H2,3-17H3;12-13,16-19H,3,5-11H2,1-2,4H3;1-2H3;1H/b22-11+,23-12-;;15-12+;;/t19-,24+,25+,26-,27+,28-,29-,30-,32-;24-,25-,26-;13-,16+,17-,18+,19-,21-;;/m111../s1. The Kier molecular flexibility index (Phi) is 35.0. The molecule has 5 aliphatic carbocycles. The van der Waals surface area contributed by atoms with E-state index in [4.69, 9.17) is 34.3 Å². The number of carbonyl (C=O) groups is 2. The molecule has 2 aliphatic heterocycles. The lowest BCUT2D eigenvalue weighted by molar-refractivity contribution is -0.141. The monoisotopic (exact) mass is 1500 g/mol. The molecular weight excluding hydrogens is 1350 g/mol. The summed E-state index contributed by atoms with van der Waals surface area (Å²) in [5, 5.41) is 31.0. The summed E-state index contributed by atoms with van der Waals surface area (Å²) < 4.78 is 31.9. The highest BCUT2D eigenvalue weighted by molar-refractivity contribution is 9.11. The largest absolute Gasteiger partial charge is 0.458 e. The summed E-state index contributed by atoms with van der Waals surface area (Å²) in [4.78, 5) is 26.2. The van der Waals surface area contributed by atoms with E-state index < -0.39 is 37.2 Å². The van der Waals surface area contributed by atoms with Gasteiger partial charge in [0.2, 0.25) is 0 Å². The topological polar surface area (TPSA) is 141 Å². The first kappa shape index (κ1) is 90.7. The van der Waals surface area contributed by atoms with Crippen molar-refractivity contribution in [3.05, 3.63) is 83.0 Å². The van der Waals surface area contributed by atoms with E-state index in [1.54, 1.807) is 5.57 Å². The first-order chi connectivity index (χ1) is 45.5. The summed E-state index contributed by atoms with van der Waals surface area (Å²) in [7, 11) is -5.81. The maximum atomic E-state index is 12.1. The van der Waals surface area contributed by atoms with Crippen molar-refractivity contribution in [2.45, 2.75) is 337 Å². The summed E-state index contributed by atoms with van der Waals surface area (Å²) in [5.41, 5.74) is 6.74. The number of rotatable bonds is 25. The fourth-order valence-corrected chi connectivity index (χ4v) is 21.9. The van der Waals surface area contributed by atoms with Gasteiger partial charge in [0.05, 0.1) is 24.4 Å². The van der Waals surface area contributed by atoms with E-state index in [1.165, 1.54) is 63.4 Å². The molecule has 0 aromatic heterocycles. The molecule has 15 heteroatoms. The van der Waals surface area contributed by atoms with E-state index >= 15 is 0 Å². The second-order valence-corrected chi connectivity index (χ2v) is 50.6. The van der Waals surface area contributed by atoms with Crippen molar-refractivity contribution in [2.24, 2.45) is 70.0 Å². The number of esters is 2. The lowest BCUT2D eigenvalue weighted by Crippen LogP contribution is -2.50. The van der Waals surface area contributed by atoms with Gasteiger partial charge in [0.15, 0.2) is 25.0 Å². The number of carbonyl (C=O) groups excluding carboxylic acids is 2. The van der Waals surface area contributed by atoms with Crippen LogP contribution in [-0.4, -0.2) is 102 Å². The summed E-state index contributed by atoms with van der Waals surface area (Å²) in [6.07, 6.45) is 31.1. The Labute approximate surface area is 617 Å². The minimum atomic E-state index is -2.02. The molecule has 5 saturated carbocycles. The third-order valence-electron chi connectivity index (χ3n) is 26.7. The molecule has 7 aliphatic rings. The molecule has 2 saturated heterocycles. The van der Waals surface area contributed by atoms with Crippen LogP contribution in [0.4, 0.5) is 4.70 Å². The van der Waals surface area contributed by atoms with Crippen molar-refractivity contribution in [1.29, 1.82) is 0 Å². The number of ether oxygens (including phenoxy) is 2. The Morgan fingerprint density at radius 1 is 0.707 bits per heavy atom. The maximum Gasteiger partial charge on any atom is 0.334 e. The van der Waals surface area contributed by atoms with Gasteiger partial charge in [0, 0.05) is 54.5 Å². The molecular formula is C84H146BrFO10Si3. The Balaban J connectivity index is 0.000000387. The average Bonchev–Trinajstić information content (AvgIpc) is 1.63. The zero-order chi connectivity index (χ0) is 74.5. The van der Waals surface area contributed by atoms with Gasteiger partial charge < -0.3 is 38.1 Å². The van der Waals surface area contributed by atoms with Crippen molar-refractivity contribution in [1.82, 2.24) is 0 Å². The van der Waals surface area contributed by atoms with E-state index in [0.717, 1.165) is 69.0 Å². The predicted molar refractivity (Wildman–Crippen MR) is 426 cm³/mol. The van der Waals surface area contributed by atoms with Gasteiger partial charge in [-0.05, 0) is 239 Å². The number of terminal acetylenes is 1. The molecule has 7 fully saturated rings. The van der Waals surface area contributed by atoms with Crippen molar-refractivity contribution >= 4 is 52.8 Å². The van der Waals surface area contributed by atoms with Gasteiger partial charge in [-0.2, -0.15) is 0 Å². The second-order valence-electron chi connectivity index (χ2n) is 35.8. The highest BCUT2D eigenvalue weighted by Crippen LogP contribution is 2.62. The van der Waals surface area contributed by atoms with E-state index in [-0.39, 0.29) is 91.9 Å². The molecule has 0 aromatic rings. The van der Waals surface area contributed by atoms with Gasteiger partial charge >= 0.3 is 11.9 Å². The van der Waals surface area contributed by atoms with Crippen LogP contribution in [0.1, 0.15) is 246 Å². The molecule has 0 amide bonds. The van der Waals surface area contributed by atoms with Crippen LogP contribution in [0.25, 0.3) is 0 Å². The van der Waals surface area contributed by atoms with Gasteiger partial charge in [-0.25, -0.2) is 9.59 Å². The fourth-order valence-electron chi connectivity index (χ4n) is 17.6. The maximum absolute atomic E-state index is 12.1. The number of allylic oxidation sites excluding steroid dienone is 4. The van der Waals surface area contributed by atoms with Crippen LogP contribution in [0.5, 0.6) is 0 Å². The van der Waals surface area contributed by atoms with E-state index in [9.17, 15) is 19.8 Å². The van der Waals surface area contributed by atoms with Crippen LogP contribution in [0.3, 0.4) is 0 Å². The number of halogens is 2. The van der Waals surface area contributed by atoms with Crippen LogP contribution < -0.4 is 0 Å². The van der Waals surface area contributed by atoms with Crippen molar-refractivity contribution in [3.63, 3.8) is 0 Å². The zero-order valence-corrected chi connectivity index (χ0v) is 71.6. The van der Waals surface area contributed by atoms with Crippen LogP contribution in [-0.2, 0) is 32.3 Å². The average molecular weight is 1500 g/mol. The third-order valence-corrected chi connectivity index (χ3v) is 40.8. The Hall–Kier alpha value is -2.50. The molecule has 568 valence electrons. The van der Waals surface area contributed by atoms with E-state index in [2.05, 4.69) is 208 Å². The van der Waals surface area contributed by atoms with Crippen molar-refractivity contribution in [2.75, 3.05) is 13.2 Å². The fraction of sp³-hybridized carbons (Fsp3) is 0.786. The first-order valence-corrected chi connectivity index (χ1v) is 48.3. The van der Waals surface area contributed by atoms with Gasteiger partial charge in [0.1, 0.15) is 12.2 Å². The highest BCUT2D eigenvalue weighted by Gasteiger charge is 2.54. The lowest BCUT2D eigenvalue weighted by atomic mass is 9.60. The van der Waals surface area contributed by atoms with Crippen molar-refractivity contribution in [3.8, 4) is 12.3 Å². The molecule has 10 nitrogen and oxygen atoms in total. The van der Waals surface area contributed by atoms with E-state index in [0.29, 0.717) is 71.5 Å². The van der Waals surface area contributed by atoms with Crippen LogP contribution in [0.15, 0.2) is 83.0 Å². The number of hydrogen-bond donors (Lipinski definition) is 3. The first-order valence-electron chi connectivity index (χ1n) is 38.7. The Bertz CT molecular complexity index is 2800. The number of aliphatic hydroxyl groups excluding tert-OH is 3. The molecule has 0 bridgehead atoms. The molecule has 18 atom stereocenters. The molecule has 2 heterocycles. The van der Waals surface area contributed by atoms with Gasteiger partial charge in [0.25, 0.3) is 0 Å². The number of aliphatic hydroxyl groups is 3. The number of hydrogen-bond acceptors (Lipinski definition) is 10. The summed E-state index contributed by atoms with van der Waals surface area (Å²) in [6, 6.07) is 0. The lowest BCUT2D eigenvalue weighted by Gasteiger charge is -2.45. The third kappa shape index (κ3) is 22.1. The Morgan fingerprint density at radius 2 is 1.16 bits per heavy atom. The summed E-state index contributed by atoms with van der Waals surface area (Å²) >= 11 is 3.60. The summed E-state index contributed by atoms with van der Waals surface area (Å²) in [6.45, 7) is 69.6. The Morgan fingerprint density at radius 3 is 1.59 bits per heavy atom. The normalized spacial score (nSPS) is 31.8. The second kappa shape index (κ2) is 38.2. The SMILES string of the molecule is C#CC[C@@H](O[Si](C)(C)C(C)(C)C)[C@H](CCCO[Si](C)(C)C(C)(C)C)[C@@H](C=C)O[Si](C)(C)C(C)(C)C.C=C1/C(=C\C=C2/CCC[C@]3(C)[C@@H]([C@H](C)C[C@H]4OC(=O)C(=C)[C@@H]4CC)CC[C@@H]23)C[C@@H](O)[C@H](CCCO)[C@@H]1O.C=C1C(=O)O[C@H](C[C@@H](C)[C@H]2CC[C@H]3/C(=C/Br)CCC[C@]23C)[C@H]1CC.CC.F. The molecule has 99 heavy (non-hydrogen) atoms. The van der Waals surface area contributed by atoms with Crippen molar-refractivity contribution < 1.29 is 52.4 Å². The molecule has 7 rings (SSSR count). The summed E-state index contributed by atoms with van der Waals surface area (Å²) in [5.74, 6) is 6.46. The van der Waals surface area contributed by atoms with Gasteiger partial charge in [-0.15, -0.1) is 18.9 Å². The van der Waals surface area contributed by atoms with Crippen LogP contribution in [0, 0.1) is 82.4 Å². The minimum Gasteiger partial charge on any atom is -0.458 e. The van der Waals surface area contributed by atoms with Gasteiger partial charge in [-0.1, -0.05) is 183 Å². The molecule has 0 radical (unpaired) electrons. The van der Waals surface area contributed by atoms with E-state index in [1.807, 2.05) is 19.9 Å². The smallest absolute Gasteiger partial charge is 0.334 e. The minimum absolute atomic E-state index is 0. The molecule has 0 spiro atoms. The highest BCUT2D eigenvalue weighted by atomic mass is 79.9. The molecule has 3 N–H and O–H groups in total. The predicted octanol–water partition coefficient (Wildman–Crippen LogP) is 22.2. The molecule has 0 aromatic carbocycles. The quantitative estimate of drug-likeness (QED) is 0.0202. The molecule has 0 unspecified atom stereocenters.